The van der Waals surface area contributed by atoms with Gasteiger partial charge in [-0.1, -0.05) is 0 Å². The molecule has 0 amide bonds. The van der Waals surface area contributed by atoms with Crippen molar-refractivity contribution in [3.8, 4) is 0 Å². The number of carbonyl (C=O) groups excluding carboxylic acids is 1. The van der Waals surface area contributed by atoms with Crippen molar-refractivity contribution in [1.82, 2.24) is 15.0 Å². The summed E-state index contributed by atoms with van der Waals surface area (Å²) in [5, 5.41) is 5.88. The number of ether oxygens (including phenoxy) is 1. The molecule has 0 atom stereocenters. The standard InChI is InChI=1S/C9H14ClN5O2/c1-3-11-8-13-7(10)14-9(15-8)12-5-4-6(16)17-2/h3-5H2,1-2H3,(H2,11,12,13,14,15). The van der Waals surface area contributed by atoms with E-state index in [9.17, 15) is 4.79 Å². The van der Waals surface area contributed by atoms with Crippen molar-refractivity contribution in [3.05, 3.63) is 5.28 Å². The van der Waals surface area contributed by atoms with Crippen LogP contribution in [-0.2, 0) is 9.53 Å². The molecule has 0 aliphatic rings. The number of esters is 1. The van der Waals surface area contributed by atoms with Crippen LogP contribution in [0.5, 0.6) is 0 Å². The minimum atomic E-state index is -0.301. The molecule has 1 heterocycles. The van der Waals surface area contributed by atoms with Gasteiger partial charge in [-0.15, -0.1) is 0 Å². The first kappa shape index (κ1) is 13.4. The molecular formula is C9H14ClN5O2. The second-order valence-electron chi connectivity index (χ2n) is 3.03. The van der Waals surface area contributed by atoms with E-state index in [-0.39, 0.29) is 17.7 Å². The fourth-order valence-corrected chi connectivity index (χ4v) is 1.20. The summed E-state index contributed by atoms with van der Waals surface area (Å²) in [6.45, 7) is 2.97. The Bertz CT molecular complexity index is 388. The van der Waals surface area contributed by atoms with Crippen LogP contribution in [0.15, 0.2) is 0 Å². The van der Waals surface area contributed by atoms with Crippen molar-refractivity contribution in [2.24, 2.45) is 0 Å². The fourth-order valence-electron chi connectivity index (χ4n) is 1.04. The molecule has 1 aromatic heterocycles. The molecule has 1 aromatic rings. The lowest BCUT2D eigenvalue weighted by Gasteiger charge is -2.06. The Balaban J connectivity index is 2.55. The highest BCUT2D eigenvalue weighted by molar-refractivity contribution is 6.28. The van der Waals surface area contributed by atoms with Crippen LogP contribution < -0.4 is 10.6 Å². The topological polar surface area (TPSA) is 89.0 Å². The number of aromatic nitrogens is 3. The van der Waals surface area contributed by atoms with E-state index in [0.717, 1.165) is 0 Å². The molecule has 8 heteroatoms. The van der Waals surface area contributed by atoms with Crippen molar-refractivity contribution < 1.29 is 9.53 Å². The van der Waals surface area contributed by atoms with Crippen molar-refractivity contribution >= 4 is 29.5 Å². The van der Waals surface area contributed by atoms with Gasteiger partial charge in [-0.2, -0.15) is 15.0 Å². The zero-order valence-corrected chi connectivity index (χ0v) is 10.4. The zero-order valence-electron chi connectivity index (χ0n) is 9.66. The summed E-state index contributed by atoms with van der Waals surface area (Å²) in [6, 6.07) is 0. The van der Waals surface area contributed by atoms with Crippen LogP contribution in [0.2, 0.25) is 5.28 Å². The molecule has 7 nitrogen and oxygen atoms in total. The molecule has 0 aliphatic heterocycles. The number of hydrogen-bond donors (Lipinski definition) is 2. The maximum absolute atomic E-state index is 10.9. The first-order valence-corrected chi connectivity index (χ1v) is 5.49. The van der Waals surface area contributed by atoms with Gasteiger partial charge in [0.05, 0.1) is 13.5 Å². The summed E-state index contributed by atoms with van der Waals surface area (Å²) in [4.78, 5) is 22.7. The summed E-state index contributed by atoms with van der Waals surface area (Å²) < 4.78 is 4.50. The van der Waals surface area contributed by atoms with E-state index in [1.807, 2.05) is 6.92 Å². The first-order valence-electron chi connectivity index (χ1n) is 5.11. The van der Waals surface area contributed by atoms with Crippen LogP contribution in [0.3, 0.4) is 0 Å². The van der Waals surface area contributed by atoms with E-state index in [1.165, 1.54) is 7.11 Å². The van der Waals surface area contributed by atoms with Gasteiger partial charge in [0.1, 0.15) is 0 Å². The van der Waals surface area contributed by atoms with Gasteiger partial charge in [0, 0.05) is 13.1 Å². The van der Waals surface area contributed by atoms with Gasteiger partial charge < -0.3 is 15.4 Å². The monoisotopic (exact) mass is 259 g/mol. The molecule has 17 heavy (non-hydrogen) atoms. The molecule has 0 aliphatic carbocycles. The summed E-state index contributed by atoms with van der Waals surface area (Å²) >= 11 is 5.72. The Hall–Kier alpha value is -1.63. The molecule has 0 saturated carbocycles. The van der Waals surface area contributed by atoms with E-state index in [1.54, 1.807) is 0 Å². The third-order valence-corrected chi connectivity index (χ3v) is 1.95. The number of hydrogen-bond acceptors (Lipinski definition) is 7. The molecule has 2 N–H and O–H groups in total. The minimum absolute atomic E-state index is 0.0940. The minimum Gasteiger partial charge on any atom is -0.469 e. The van der Waals surface area contributed by atoms with E-state index < -0.39 is 0 Å². The van der Waals surface area contributed by atoms with E-state index in [4.69, 9.17) is 11.6 Å². The summed E-state index contributed by atoms with van der Waals surface area (Å²) in [7, 11) is 1.34. The Morgan fingerprint density at radius 3 is 2.53 bits per heavy atom. The quantitative estimate of drug-likeness (QED) is 0.735. The SMILES string of the molecule is CCNc1nc(Cl)nc(NCCC(=O)OC)n1. The molecule has 1 rings (SSSR count). The van der Waals surface area contributed by atoms with Crippen LogP contribution in [0, 0.1) is 0 Å². The van der Waals surface area contributed by atoms with Crippen molar-refractivity contribution in [3.63, 3.8) is 0 Å². The predicted molar refractivity (Wildman–Crippen MR) is 64.1 cm³/mol. The summed E-state index contributed by atoms with van der Waals surface area (Å²) in [5.74, 6) is 0.419. The Morgan fingerprint density at radius 2 is 1.94 bits per heavy atom. The van der Waals surface area contributed by atoms with E-state index >= 15 is 0 Å². The largest absolute Gasteiger partial charge is 0.469 e. The molecule has 0 fully saturated rings. The number of nitrogens with zero attached hydrogens (tertiary/aromatic N) is 3. The third-order valence-electron chi connectivity index (χ3n) is 1.78. The average Bonchev–Trinajstić information content (AvgIpc) is 2.28. The van der Waals surface area contributed by atoms with E-state index in [0.29, 0.717) is 25.0 Å². The van der Waals surface area contributed by atoms with Crippen molar-refractivity contribution in [1.29, 1.82) is 0 Å². The van der Waals surface area contributed by atoms with Gasteiger partial charge >= 0.3 is 5.97 Å². The van der Waals surface area contributed by atoms with Gasteiger partial charge in [0.15, 0.2) is 0 Å². The number of nitrogens with one attached hydrogen (secondary N) is 2. The fraction of sp³-hybridized carbons (Fsp3) is 0.556. The first-order chi connectivity index (χ1) is 8.15. The molecule has 0 spiro atoms. The van der Waals surface area contributed by atoms with Gasteiger partial charge in [-0.3, -0.25) is 4.79 Å². The predicted octanol–water partition coefficient (Wildman–Crippen LogP) is 0.932. The highest BCUT2D eigenvalue weighted by Gasteiger charge is 2.05. The Labute approximate surface area is 104 Å². The molecule has 94 valence electrons. The smallest absolute Gasteiger partial charge is 0.307 e. The van der Waals surface area contributed by atoms with E-state index in [2.05, 4.69) is 30.3 Å². The number of carbonyl (C=O) groups is 1. The lowest BCUT2D eigenvalue weighted by Crippen LogP contribution is -2.13. The molecule has 0 aromatic carbocycles. The highest BCUT2D eigenvalue weighted by atomic mass is 35.5. The average molecular weight is 260 g/mol. The third kappa shape index (κ3) is 4.81. The van der Waals surface area contributed by atoms with Crippen LogP contribution in [0.1, 0.15) is 13.3 Å². The molecule has 0 bridgehead atoms. The van der Waals surface area contributed by atoms with Crippen LogP contribution in [0.25, 0.3) is 0 Å². The lowest BCUT2D eigenvalue weighted by atomic mass is 10.4. The van der Waals surface area contributed by atoms with Crippen LogP contribution in [0.4, 0.5) is 11.9 Å². The summed E-state index contributed by atoms with van der Waals surface area (Å²) in [5.41, 5.74) is 0. The Kier molecular flexibility index (Phi) is 5.41. The normalized spacial score (nSPS) is 9.82. The number of halogens is 1. The molecule has 0 radical (unpaired) electrons. The number of rotatable bonds is 6. The highest BCUT2D eigenvalue weighted by Crippen LogP contribution is 2.09. The molecular weight excluding hydrogens is 246 g/mol. The zero-order chi connectivity index (χ0) is 12.7. The second-order valence-corrected chi connectivity index (χ2v) is 3.37. The maximum Gasteiger partial charge on any atom is 0.307 e. The molecule has 0 unspecified atom stereocenters. The van der Waals surface area contributed by atoms with Gasteiger partial charge in [-0.05, 0) is 18.5 Å². The maximum atomic E-state index is 10.9. The van der Waals surface area contributed by atoms with Gasteiger partial charge in [0.25, 0.3) is 0 Å². The van der Waals surface area contributed by atoms with Crippen LogP contribution in [-0.4, -0.2) is 41.1 Å². The van der Waals surface area contributed by atoms with Crippen LogP contribution >= 0.6 is 11.6 Å². The number of methoxy groups -OCH3 is 1. The van der Waals surface area contributed by atoms with Gasteiger partial charge in [-0.25, -0.2) is 0 Å². The second kappa shape index (κ2) is 6.85. The Morgan fingerprint density at radius 1 is 1.29 bits per heavy atom. The molecule has 0 saturated heterocycles. The summed E-state index contributed by atoms with van der Waals surface area (Å²) in [6.07, 6.45) is 0.232. The number of anilines is 2. The lowest BCUT2D eigenvalue weighted by molar-refractivity contribution is -0.140. The van der Waals surface area contributed by atoms with Gasteiger partial charge in [0.2, 0.25) is 17.2 Å². The van der Waals surface area contributed by atoms with Crippen molar-refractivity contribution in [2.45, 2.75) is 13.3 Å². The van der Waals surface area contributed by atoms with Crippen molar-refractivity contribution in [2.75, 3.05) is 30.8 Å².